The largest absolute Gasteiger partial charge is 0.480 e. The summed E-state index contributed by atoms with van der Waals surface area (Å²) in [6.45, 7) is 9.56. The number of amides is 1. The van der Waals surface area contributed by atoms with Crippen LogP contribution in [0.3, 0.4) is 0 Å². The van der Waals surface area contributed by atoms with E-state index >= 15 is 0 Å². The maximum Gasteiger partial charge on any atom is 0.265 e. The standard InChI is InChI=1S/C25H30N8O2/c1-4-32-11-13-33(14-12-32)19-7-5-18(6-8-19)27-25-26-15-17(2)23(30-25)28-21-10-9-20-24(29-21)31(3)22(34)16-35-20/h5-10,15H,4,11-14,16H2,1-3H3,(H2,26,27,28,29,30). The number of likely N-dealkylation sites (N-methyl/N-ethyl adjacent to an activating group) is 2. The third-order valence-electron chi connectivity index (χ3n) is 6.41. The van der Waals surface area contributed by atoms with Gasteiger partial charge in [0.2, 0.25) is 5.95 Å². The first-order valence-electron chi connectivity index (χ1n) is 11.9. The molecular weight excluding hydrogens is 444 g/mol. The van der Waals surface area contributed by atoms with Crippen LogP contribution >= 0.6 is 0 Å². The summed E-state index contributed by atoms with van der Waals surface area (Å²) < 4.78 is 5.46. The molecule has 1 aromatic carbocycles. The SMILES string of the molecule is CCN1CCN(c2ccc(Nc3ncc(C)c(Nc4ccc5c(n4)N(C)C(=O)CO5)n3)cc2)CC1. The molecule has 4 heterocycles. The van der Waals surface area contributed by atoms with Crippen LogP contribution in [0.1, 0.15) is 12.5 Å². The second kappa shape index (κ2) is 9.75. The molecule has 0 saturated carbocycles. The van der Waals surface area contributed by atoms with Crippen molar-refractivity contribution in [1.29, 1.82) is 0 Å². The molecule has 1 amide bonds. The molecule has 0 atom stereocenters. The van der Waals surface area contributed by atoms with Gasteiger partial charge in [-0.1, -0.05) is 6.92 Å². The van der Waals surface area contributed by atoms with Gasteiger partial charge in [0, 0.05) is 56.4 Å². The maximum atomic E-state index is 11.9. The Hall–Kier alpha value is -3.92. The highest BCUT2D eigenvalue weighted by molar-refractivity contribution is 5.96. The van der Waals surface area contributed by atoms with Crippen molar-refractivity contribution >= 4 is 40.7 Å². The number of pyridine rings is 1. The van der Waals surface area contributed by atoms with Crippen molar-refractivity contribution in [2.24, 2.45) is 0 Å². The van der Waals surface area contributed by atoms with Gasteiger partial charge in [0.05, 0.1) is 0 Å². The Morgan fingerprint density at radius 1 is 1.00 bits per heavy atom. The number of carbonyl (C=O) groups excluding carboxylic acids is 1. The van der Waals surface area contributed by atoms with Crippen LogP contribution in [0.15, 0.2) is 42.6 Å². The summed E-state index contributed by atoms with van der Waals surface area (Å²) >= 11 is 0. The van der Waals surface area contributed by atoms with E-state index in [-0.39, 0.29) is 12.5 Å². The van der Waals surface area contributed by atoms with Gasteiger partial charge in [0.1, 0.15) is 11.6 Å². The van der Waals surface area contributed by atoms with E-state index in [1.807, 2.05) is 6.92 Å². The number of piperazine rings is 1. The van der Waals surface area contributed by atoms with Crippen molar-refractivity contribution < 1.29 is 9.53 Å². The lowest BCUT2D eigenvalue weighted by Gasteiger charge is -2.35. The Morgan fingerprint density at radius 2 is 1.77 bits per heavy atom. The maximum absolute atomic E-state index is 11.9. The van der Waals surface area contributed by atoms with Gasteiger partial charge in [0.15, 0.2) is 18.2 Å². The quantitative estimate of drug-likeness (QED) is 0.558. The molecule has 10 nitrogen and oxygen atoms in total. The van der Waals surface area contributed by atoms with Crippen LogP contribution in [0.25, 0.3) is 0 Å². The first-order valence-corrected chi connectivity index (χ1v) is 11.9. The van der Waals surface area contributed by atoms with Gasteiger partial charge in [-0.2, -0.15) is 4.98 Å². The Kier molecular flexibility index (Phi) is 6.37. The molecule has 1 saturated heterocycles. The smallest absolute Gasteiger partial charge is 0.265 e. The van der Waals surface area contributed by atoms with Crippen LogP contribution < -0.4 is 25.2 Å². The van der Waals surface area contributed by atoms with Crippen molar-refractivity contribution in [2.75, 3.05) is 66.8 Å². The van der Waals surface area contributed by atoms with Gasteiger partial charge in [-0.3, -0.25) is 9.69 Å². The normalized spacial score (nSPS) is 16.0. The molecule has 10 heteroatoms. The molecule has 2 aliphatic heterocycles. The van der Waals surface area contributed by atoms with E-state index in [0.717, 1.165) is 44.0 Å². The topological polar surface area (TPSA) is 98.8 Å². The average Bonchev–Trinajstić information content (AvgIpc) is 2.89. The van der Waals surface area contributed by atoms with Crippen molar-refractivity contribution in [2.45, 2.75) is 13.8 Å². The van der Waals surface area contributed by atoms with E-state index in [2.05, 4.69) is 66.6 Å². The number of hydrogen-bond donors (Lipinski definition) is 2. The van der Waals surface area contributed by atoms with E-state index in [1.165, 1.54) is 10.6 Å². The number of aromatic nitrogens is 3. The minimum absolute atomic E-state index is 0.0223. The highest BCUT2D eigenvalue weighted by Crippen LogP contribution is 2.31. The highest BCUT2D eigenvalue weighted by Gasteiger charge is 2.24. The second-order valence-corrected chi connectivity index (χ2v) is 8.70. The Morgan fingerprint density at radius 3 is 2.51 bits per heavy atom. The van der Waals surface area contributed by atoms with Crippen LogP contribution in [0, 0.1) is 6.92 Å². The van der Waals surface area contributed by atoms with Crippen molar-refractivity contribution in [3.8, 4) is 5.75 Å². The third kappa shape index (κ3) is 4.97. The predicted octanol–water partition coefficient (Wildman–Crippen LogP) is 3.16. The number of rotatable bonds is 6. The van der Waals surface area contributed by atoms with Gasteiger partial charge in [-0.05, 0) is 49.9 Å². The molecule has 2 N–H and O–H groups in total. The summed E-state index contributed by atoms with van der Waals surface area (Å²) in [5.74, 6) is 2.60. The summed E-state index contributed by atoms with van der Waals surface area (Å²) in [6.07, 6.45) is 1.76. The van der Waals surface area contributed by atoms with Crippen LogP contribution in [-0.2, 0) is 4.79 Å². The van der Waals surface area contributed by atoms with E-state index < -0.39 is 0 Å². The second-order valence-electron chi connectivity index (χ2n) is 8.70. The zero-order chi connectivity index (χ0) is 24.4. The fraction of sp³-hybridized carbons (Fsp3) is 0.360. The number of fused-ring (bicyclic) bond motifs is 1. The lowest BCUT2D eigenvalue weighted by atomic mass is 10.2. The first-order chi connectivity index (χ1) is 17.0. The van der Waals surface area contributed by atoms with Crippen LogP contribution in [0.2, 0.25) is 0 Å². The minimum atomic E-state index is -0.138. The summed E-state index contributed by atoms with van der Waals surface area (Å²) in [5, 5.41) is 6.52. The Bertz CT molecular complexity index is 1210. The van der Waals surface area contributed by atoms with Gasteiger partial charge in [-0.25, -0.2) is 9.97 Å². The number of ether oxygens (including phenoxy) is 1. The lowest BCUT2D eigenvalue weighted by Crippen LogP contribution is -2.46. The zero-order valence-electron chi connectivity index (χ0n) is 20.3. The van der Waals surface area contributed by atoms with Gasteiger partial charge in [0.25, 0.3) is 5.91 Å². The number of nitrogens with one attached hydrogen (secondary N) is 2. The molecule has 0 bridgehead atoms. The van der Waals surface area contributed by atoms with E-state index in [9.17, 15) is 4.79 Å². The summed E-state index contributed by atoms with van der Waals surface area (Å²) in [4.78, 5) is 31.9. The number of benzene rings is 1. The lowest BCUT2D eigenvalue weighted by molar-refractivity contribution is -0.121. The van der Waals surface area contributed by atoms with E-state index in [0.29, 0.717) is 29.2 Å². The monoisotopic (exact) mass is 474 g/mol. The minimum Gasteiger partial charge on any atom is -0.480 e. The molecule has 1 fully saturated rings. The molecule has 35 heavy (non-hydrogen) atoms. The number of anilines is 6. The molecule has 2 aromatic heterocycles. The van der Waals surface area contributed by atoms with Gasteiger partial charge >= 0.3 is 0 Å². The van der Waals surface area contributed by atoms with Crippen LogP contribution in [0.4, 0.5) is 34.8 Å². The average molecular weight is 475 g/mol. The Labute approximate surface area is 204 Å². The molecule has 0 aliphatic carbocycles. The van der Waals surface area contributed by atoms with E-state index in [1.54, 1.807) is 25.4 Å². The molecular formula is C25H30N8O2. The summed E-state index contributed by atoms with van der Waals surface area (Å²) in [6, 6.07) is 12.0. The van der Waals surface area contributed by atoms with Crippen molar-refractivity contribution in [3.05, 3.63) is 48.2 Å². The third-order valence-corrected chi connectivity index (χ3v) is 6.41. The number of hydrogen-bond acceptors (Lipinski definition) is 9. The summed E-state index contributed by atoms with van der Waals surface area (Å²) in [7, 11) is 1.69. The Balaban J connectivity index is 1.27. The molecule has 0 spiro atoms. The number of carbonyl (C=O) groups is 1. The van der Waals surface area contributed by atoms with Crippen LogP contribution in [0.5, 0.6) is 5.75 Å². The van der Waals surface area contributed by atoms with Crippen LogP contribution in [-0.4, -0.2) is 72.1 Å². The molecule has 2 aliphatic rings. The van der Waals surface area contributed by atoms with Gasteiger partial charge in [-0.15, -0.1) is 0 Å². The number of aryl methyl sites for hydroxylation is 1. The zero-order valence-corrected chi connectivity index (χ0v) is 20.3. The molecule has 3 aromatic rings. The van der Waals surface area contributed by atoms with Crippen molar-refractivity contribution in [1.82, 2.24) is 19.9 Å². The molecule has 0 radical (unpaired) electrons. The fourth-order valence-electron chi connectivity index (χ4n) is 4.17. The predicted molar refractivity (Wildman–Crippen MR) is 137 cm³/mol. The van der Waals surface area contributed by atoms with Crippen molar-refractivity contribution in [3.63, 3.8) is 0 Å². The first kappa shape index (κ1) is 22.9. The summed E-state index contributed by atoms with van der Waals surface area (Å²) in [5.41, 5.74) is 3.02. The van der Waals surface area contributed by atoms with E-state index in [4.69, 9.17) is 4.74 Å². The molecule has 5 rings (SSSR count). The molecule has 182 valence electrons. The number of nitrogens with zero attached hydrogens (tertiary/aromatic N) is 6. The fourth-order valence-corrected chi connectivity index (χ4v) is 4.17. The highest BCUT2D eigenvalue weighted by atomic mass is 16.5. The molecule has 0 unspecified atom stereocenters. The van der Waals surface area contributed by atoms with Gasteiger partial charge < -0.3 is 25.2 Å².